The first-order valence-electron chi connectivity index (χ1n) is 14.1. The molecule has 10 heteroatoms. The number of nitrogens with zero attached hydrogens (tertiary/aromatic N) is 3. The fraction of sp³-hybridized carbons (Fsp3) is 0.567. The van der Waals surface area contributed by atoms with Crippen molar-refractivity contribution < 1.29 is 17.9 Å². The number of fused-ring (bicyclic) bond motifs is 3. The standard InChI is InChI=1S/C21H33BN4O3S.C9H12O/c1-7-15(11-22-5)12-23-20-24-18(21(3,4)30(6,27)28)17-19(25-20)26-14(2)9-8-10-16(26)13-29-17;1-3-8-4-6-9(10-2)7-5-8/h7,11,14,16H,8-10,12-13H2,1-6H3,(H,23,24,25);4-7H,3H2,1-2H3/b15-7+;/t14-,16+;/m1./s1. The maximum Gasteiger partial charge on any atom is 0.118 e. The summed E-state index contributed by atoms with van der Waals surface area (Å²) in [7, 11) is -1.75. The molecular formula is C30H45BN4O4S. The number of ether oxygens (including phenoxy) is 2. The number of aryl methyl sites for hydroxylation is 1. The molecule has 1 fully saturated rings. The van der Waals surface area contributed by atoms with Crippen LogP contribution in [0.5, 0.6) is 11.5 Å². The maximum absolute atomic E-state index is 12.6. The van der Waals surface area contributed by atoms with Crippen LogP contribution in [0.4, 0.5) is 11.8 Å². The van der Waals surface area contributed by atoms with Crippen molar-refractivity contribution in [2.45, 2.75) is 84.0 Å². The van der Waals surface area contributed by atoms with Gasteiger partial charge >= 0.3 is 181 Å². The smallest absolute Gasteiger partial charge is 0.118 e. The molecule has 40 heavy (non-hydrogen) atoms. The van der Waals surface area contributed by atoms with Crippen molar-refractivity contribution in [3.63, 3.8) is 0 Å². The summed E-state index contributed by atoms with van der Waals surface area (Å²) in [6.07, 6.45) is 7.64. The summed E-state index contributed by atoms with van der Waals surface area (Å²) in [4.78, 5) is 11.8. The second-order valence-electron chi connectivity index (χ2n) is 10.9. The van der Waals surface area contributed by atoms with E-state index in [1.54, 1.807) is 21.0 Å². The molecule has 0 aliphatic carbocycles. The molecule has 1 N–H and O–H groups in total. The van der Waals surface area contributed by atoms with Crippen LogP contribution in [0.25, 0.3) is 0 Å². The summed E-state index contributed by atoms with van der Waals surface area (Å²) in [6, 6.07) is 8.71. The van der Waals surface area contributed by atoms with Crippen LogP contribution in [0.15, 0.2) is 35.9 Å². The first-order chi connectivity index (χ1) is 19.0. The summed E-state index contributed by atoms with van der Waals surface area (Å²) in [5.74, 6) is 4.58. The van der Waals surface area contributed by atoms with Crippen LogP contribution >= 0.6 is 0 Å². The van der Waals surface area contributed by atoms with Gasteiger partial charge in [-0.15, -0.1) is 0 Å². The second-order valence-corrected chi connectivity index (χ2v) is 13.5. The van der Waals surface area contributed by atoms with Crippen molar-refractivity contribution in [2.75, 3.05) is 36.7 Å². The molecule has 2 aliphatic heterocycles. The number of hydrogen-bond donors (Lipinski definition) is 1. The van der Waals surface area contributed by atoms with Crippen LogP contribution in [0.3, 0.4) is 0 Å². The number of nitrogens with one attached hydrogen (secondary N) is 1. The number of methoxy groups -OCH3 is 1. The molecule has 4 rings (SSSR count). The van der Waals surface area contributed by atoms with E-state index in [0.717, 1.165) is 37.0 Å². The maximum atomic E-state index is 12.6. The van der Waals surface area contributed by atoms with Crippen LogP contribution in [-0.2, 0) is 21.0 Å². The third-order valence-electron chi connectivity index (χ3n) is 7.81. The Morgan fingerprint density at radius 2 is 1.95 bits per heavy atom. The van der Waals surface area contributed by atoms with Crippen LogP contribution < -0.4 is 19.7 Å². The van der Waals surface area contributed by atoms with E-state index in [1.807, 2.05) is 44.8 Å². The number of aromatic nitrogens is 2. The SMILES string of the molecule is CB=C/C(=C\C)CNc1nc2c(c(C(C)(C)S(C)(=O)=O)n1)OC[C@@H]1CCC[C@@H](C)N21.CCc1ccc(OC)cc1. The van der Waals surface area contributed by atoms with Crippen molar-refractivity contribution in [3.05, 3.63) is 47.2 Å². The summed E-state index contributed by atoms with van der Waals surface area (Å²) < 4.78 is 35.2. The molecular weight excluding hydrogens is 523 g/mol. The van der Waals surface area contributed by atoms with Gasteiger partial charge in [0, 0.05) is 0 Å². The number of allylic oxidation sites excluding steroid dienone is 1. The van der Waals surface area contributed by atoms with Crippen LogP contribution in [-0.4, -0.2) is 69.9 Å². The number of sulfone groups is 1. The Morgan fingerprint density at radius 3 is 2.52 bits per heavy atom. The van der Waals surface area contributed by atoms with E-state index >= 15 is 0 Å². The summed E-state index contributed by atoms with van der Waals surface area (Å²) in [5.41, 5.74) is 2.87. The van der Waals surface area contributed by atoms with Gasteiger partial charge in [-0.2, -0.15) is 0 Å². The van der Waals surface area contributed by atoms with Gasteiger partial charge in [-0.05, 0) is 24.1 Å². The normalized spacial score (nSPS) is 19.0. The van der Waals surface area contributed by atoms with Gasteiger partial charge in [-0.3, -0.25) is 0 Å². The first kappa shape index (κ1) is 31.6. The van der Waals surface area contributed by atoms with E-state index in [-0.39, 0.29) is 6.04 Å². The van der Waals surface area contributed by atoms with E-state index in [9.17, 15) is 8.42 Å². The van der Waals surface area contributed by atoms with E-state index in [0.29, 0.717) is 42.4 Å². The molecule has 0 saturated carbocycles. The largest absolute Gasteiger partial charge is 0.497 e. The molecule has 8 nitrogen and oxygen atoms in total. The predicted molar refractivity (Wildman–Crippen MR) is 167 cm³/mol. The van der Waals surface area contributed by atoms with Gasteiger partial charge in [-0.1, -0.05) is 19.1 Å². The third-order valence-corrected chi connectivity index (χ3v) is 9.85. The Labute approximate surface area is 241 Å². The van der Waals surface area contributed by atoms with Gasteiger partial charge in [0.25, 0.3) is 0 Å². The van der Waals surface area contributed by atoms with Crippen molar-refractivity contribution in [1.29, 1.82) is 0 Å². The van der Waals surface area contributed by atoms with Crippen molar-refractivity contribution in [2.24, 2.45) is 0 Å². The van der Waals surface area contributed by atoms with Crippen LogP contribution in [0, 0.1) is 0 Å². The fourth-order valence-electron chi connectivity index (χ4n) is 4.93. The number of piperidine rings is 1. The van der Waals surface area contributed by atoms with Gasteiger partial charge in [-0.25, -0.2) is 0 Å². The van der Waals surface area contributed by atoms with E-state index in [2.05, 4.69) is 41.2 Å². The Morgan fingerprint density at radius 1 is 1.25 bits per heavy atom. The van der Waals surface area contributed by atoms with Crippen molar-refractivity contribution in [1.82, 2.24) is 9.97 Å². The average molecular weight is 569 g/mol. The minimum absolute atomic E-state index is 0.257. The zero-order valence-electron chi connectivity index (χ0n) is 25.3. The molecule has 2 atom stereocenters. The summed E-state index contributed by atoms with van der Waals surface area (Å²) in [6.45, 7) is 14.7. The molecule has 3 heterocycles. The van der Waals surface area contributed by atoms with E-state index < -0.39 is 14.6 Å². The molecule has 1 aromatic carbocycles. The molecule has 218 valence electrons. The minimum Gasteiger partial charge on any atom is -0.497 e. The second kappa shape index (κ2) is 13.7. The Bertz CT molecular complexity index is 1290. The average Bonchev–Trinajstić information content (AvgIpc) is 2.94. The molecule has 0 bridgehead atoms. The molecule has 0 amide bonds. The van der Waals surface area contributed by atoms with Crippen LogP contribution in [0.1, 0.15) is 65.1 Å². The number of anilines is 2. The van der Waals surface area contributed by atoms with Gasteiger partial charge in [0.1, 0.15) is 5.75 Å². The van der Waals surface area contributed by atoms with Crippen molar-refractivity contribution in [3.8, 4) is 11.5 Å². The predicted octanol–water partition coefficient (Wildman–Crippen LogP) is 5.07. The molecule has 2 aromatic rings. The van der Waals surface area contributed by atoms with E-state index in [1.165, 1.54) is 11.8 Å². The Hall–Kier alpha value is -2.88. The minimum atomic E-state index is -3.43. The summed E-state index contributed by atoms with van der Waals surface area (Å²) >= 11 is 0. The quantitative estimate of drug-likeness (QED) is 0.442. The third kappa shape index (κ3) is 7.25. The molecule has 0 radical (unpaired) electrons. The molecule has 2 aliphatic rings. The first-order valence-corrected chi connectivity index (χ1v) is 16.0. The number of rotatable bonds is 8. The number of hydrogen-bond acceptors (Lipinski definition) is 8. The van der Waals surface area contributed by atoms with Gasteiger partial charge in [0.15, 0.2) is 0 Å². The molecule has 0 unspecified atom stereocenters. The Kier molecular flexibility index (Phi) is 10.8. The van der Waals surface area contributed by atoms with Crippen molar-refractivity contribution >= 4 is 34.5 Å². The van der Waals surface area contributed by atoms with Crippen LogP contribution in [0.2, 0.25) is 6.82 Å². The molecule has 0 spiro atoms. The molecule has 1 saturated heterocycles. The van der Waals surface area contributed by atoms with Gasteiger partial charge in [0.2, 0.25) is 0 Å². The zero-order chi connectivity index (χ0) is 29.5. The topological polar surface area (TPSA) is 93.7 Å². The zero-order valence-corrected chi connectivity index (χ0v) is 26.1. The summed E-state index contributed by atoms with van der Waals surface area (Å²) in [5, 5.41) is 3.29. The molecule has 1 aromatic heterocycles. The fourth-order valence-corrected chi connectivity index (χ4v) is 5.42. The van der Waals surface area contributed by atoms with Gasteiger partial charge in [0.05, 0.1) is 7.11 Å². The Balaban J connectivity index is 0.000000371. The van der Waals surface area contributed by atoms with Gasteiger partial charge < -0.3 is 4.74 Å². The van der Waals surface area contributed by atoms with E-state index in [4.69, 9.17) is 14.5 Å². The monoisotopic (exact) mass is 568 g/mol. The number of benzene rings is 1.